The van der Waals surface area contributed by atoms with E-state index in [4.69, 9.17) is 9.73 Å². The first-order chi connectivity index (χ1) is 13.5. The van der Waals surface area contributed by atoms with E-state index in [1.165, 1.54) is 0 Å². The molecule has 2 aliphatic rings. The normalized spacial score (nSPS) is 20.1. The third kappa shape index (κ3) is 7.24. The largest absolute Gasteiger partial charge is 0.380 e. The maximum absolute atomic E-state index is 12.7. The summed E-state index contributed by atoms with van der Waals surface area (Å²) in [6.45, 7) is 17.1. The second-order valence-corrected chi connectivity index (χ2v) is 8.26. The second kappa shape index (κ2) is 12.3. The summed E-state index contributed by atoms with van der Waals surface area (Å²) in [7, 11) is 0. The van der Waals surface area contributed by atoms with Crippen LogP contribution in [0.25, 0.3) is 0 Å². The van der Waals surface area contributed by atoms with Gasteiger partial charge < -0.3 is 19.9 Å². The highest BCUT2D eigenvalue weighted by atomic mass is 16.5. The highest BCUT2D eigenvalue weighted by molar-refractivity contribution is 5.82. The van der Waals surface area contributed by atoms with E-state index in [1.807, 2.05) is 4.90 Å². The van der Waals surface area contributed by atoms with E-state index in [0.717, 1.165) is 77.6 Å². The molecule has 2 heterocycles. The van der Waals surface area contributed by atoms with Gasteiger partial charge in [0.1, 0.15) is 0 Å². The number of piperazine rings is 1. The van der Waals surface area contributed by atoms with Gasteiger partial charge in [0.25, 0.3) is 0 Å². The minimum atomic E-state index is -0.0193. The Morgan fingerprint density at radius 2 is 1.68 bits per heavy atom. The van der Waals surface area contributed by atoms with Crippen LogP contribution in [0.5, 0.6) is 0 Å². The maximum Gasteiger partial charge on any atom is 0.239 e. The highest BCUT2D eigenvalue weighted by Gasteiger charge is 2.30. The molecule has 0 aliphatic carbocycles. The Labute approximate surface area is 171 Å². The van der Waals surface area contributed by atoms with Crippen molar-refractivity contribution >= 4 is 11.9 Å². The number of amides is 1. The third-order valence-corrected chi connectivity index (χ3v) is 5.61. The van der Waals surface area contributed by atoms with Gasteiger partial charge in [-0.1, -0.05) is 13.8 Å². The van der Waals surface area contributed by atoms with Gasteiger partial charge in [-0.25, -0.2) is 0 Å². The van der Waals surface area contributed by atoms with Crippen LogP contribution in [0.3, 0.4) is 0 Å². The monoisotopic (exact) mass is 395 g/mol. The van der Waals surface area contributed by atoms with Crippen LogP contribution in [-0.2, 0) is 9.53 Å². The van der Waals surface area contributed by atoms with E-state index in [9.17, 15) is 4.79 Å². The van der Waals surface area contributed by atoms with Crippen molar-refractivity contribution in [1.82, 2.24) is 20.0 Å². The summed E-state index contributed by atoms with van der Waals surface area (Å²) in [5, 5.41) is 3.40. The standard InChI is InChI=1S/C21H41N5O2/c1-5-22-21(23-9-17-28-16-8-18(2)3)26-14-12-24(13-15-26)19(4)20(27)25-10-6-7-11-25/h18-19H,5-17H2,1-4H3,(H,22,23). The van der Waals surface area contributed by atoms with Crippen LogP contribution in [0.15, 0.2) is 4.99 Å². The van der Waals surface area contributed by atoms with Crippen molar-refractivity contribution in [1.29, 1.82) is 0 Å². The predicted octanol–water partition coefficient (Wildman–Crippen LogP) is 1.64. The molecular weight excluding hydrogens is 354 g/mol. The van der Waals surface area contributed by atoms with Crippen LogP contribution in [0, 0.1) is 5.92 Å². The molecule has 0 bridgehead atoms. The minimum absolute atomic E-state index is 0.0193. The van der Waals surface area contributed by atoms with Crippen molar-refractivity contribution in [3.8, 4) is 0 Å². The van der Waals surface area contributed by atoms with Crippen LogP contribution >= 0.6 is 0 Å². The number of carbonyl (C=O) groups is 1. The molecule has 0 aromatic rings. The van der Waals surface area contributed by atoms with E-state index >= 15 is 0 Å². The number of likely N-dealkylation sites (tertiary alicyclic amines) is 1. The lowest BCUT2D eigenvalue weighted by Gasteiger charge is -2.39. The van der Waals surface area contributed by atoms with Gasteiger partial charge in [-0.2, -0.15) is 0 Å². The van der Waals surface area contributed by atoms with Crippen LogP contribution in [0.4, 0.5) is 0 Å². The summed E-state index contributed by atoms with van der Waals surface area (Å²) >= 11 is 0. The summed E-state index contributed by atoms with van der Waals surface area (Å²) in [4.78, 5) is 24.0. The Bertz CT molecular complexity index is 483. The molecule has 1 unspecified atom stereocenters. The zero-order valence-electron chi connectivity index (χ0n) is 18.5. The predicted molar refractivity (Wildman–Crippen MR) is 115 cm³/mol. The second-order valence-electron chi connectivity index (χ2n) is 8.26. The highest BCUT2D eigenvalue weighted by Crippen LogP contribution is 2.14. The van der Waals surface area contributed by atoms with Gasteiger partial charge in [0.05, 0.1) is 19.2 Å². The molecule has 162 valence electrons. The van der Waals surface area contributed by atoms with E-state index in [0.29, 0.717) is 25.0 Å². The number of rotatable bonds is 9. The van der Waals surface area contributed by atoms with Gasteiger partial charge in [0, 0.05) is 52.4 Å². The quantitative estimate of drug-likeness (QED) is 0.365. The summed E-state index contributed by atoms with van der Waals surface area (Å²) < 4.78 is 5.68. The molecule has 7 heteroatoms. The lowest BCUT2D eigenvalue weighted by Crippen LogP contribution is -2.57. The molecule has 0 aromatic heterocycles. The Balaban J connectivity index is 1.76. The van der Waals surface area contributed by atoms with E-state index in [2.05, 4.69) is 42.8 Å². The molecule has 1 N–H and O–H groups in total. The van der Waals surface area contributed by atoms with Crippen molar-refractivity contribution in [2.45, 2.75) is 53.0 Å². The lowest BCUT2D eigenvalue weighted by atomic mass is 10.1. The summed E-state index contributed by atoms with van der Waals surface area (Å²) in [5.74, 6) is 1.94. The summed E-state index contributed by atoms with van der Waals surface area (Å²) in [6.07, 6.45) is 3.39. The number of carbonyl (C=O) groups excluding carboxylic acids is 1. The smallest absolute Gasteiger partial charge is 0.239 e. The van der Waals surface area contributed by atoms with Gasteiger partial charge in [0.15, 0.2) is 5.96 Å². The Morgan fingerprint density at radius 3 is 2.29 bits per heavy atom. The molecule has 1 amide bonds. The molecule has 0 aromatic carbocycles. The van der Waals surface area contributed by atoms with Crippen LogP contribution in [0.1, 0.15) is 47.0 Å². The average Bonchev–Trinajstić information content (AvgIpc) is 3.23. The van der Waals surface area contributed by atoms with Gasteiger partial charge in [-0.15, -0.1) is 0 Å². The van der Waals surface area contributed by atoms with Crippen molar-refractivity contribution < 1.29 is 9.53 Å². The van der Waals surface area contributed by atoms with Crippen molar-refractivity contribution in [2.24, 2.45) is 10.9 Å². The molecule has 0 saturated carbocycles. The lowest BCUT2D eigenvalue weighted by molar-refractivity contribution is -0.135. The van der Waals surface area contributed by atoms with Crippen molar-refractivity contribution in [3.05, 3.63) is 0 Å². The first kappa shape index (κ1) is 22.9. The maximum atomic E-state index is 12.7. The number of hydrogen-bond acceptors (Lipinski definition) is 4. The van der Waals surface area contributed by atoms with E-state index in [-0.39, 0.29) is 6.04 Å². The molecule has 1 atom stereocenters. The van der Waals surface area contributed by atoms with E-state index in [1.54, 1.807) is 0 Å². The number of ether oxygens (including phenoxy) is 1. The molecule has 28 heavy (non-hydrogen) atoms. The average molecular weight is 396 g/mol. The first-order valence-electron chi connectivity index (χ1n) is 11.2. The Morgan fingerprint density at radius 1 is 1.00 bits per heavy atom. The zero-order valence-corrected chi connectivity index (χ0v) is 18.5. The number of nitrogens with zero attached hydrogens (tertiary/aromatic N) is 4. The fraction of sp³-hybridized carbons (Fsp3) is 0.905. The molecule has 0 radical (unpaired) electrons. The van der Waals surface area contributed by atoms with Crippen LogP contribution in [-0.4, -0.2) is 98.2 Å². The fourth-order valence-corrected chi connectivity index (χ4v) is 3.74. The number of nitrogens with one attached hydrogen (secondary N) is 1. The number of aliphatic imine (C=N–C) groups is 1. The molecule has 2 aliphatic heterocycles. The fourth-order valence-electron chi connectivity index (χ4n) is 3.74. The topological polar surface area (TPSA) is 60.4 Å². The van der Waals surface area contributed by atoms with Gasteiger partial charge in [-0.3, -0.25) is 14.7 Å². The summed E-state index contributed by atoms with van der Waals surface area (Å²) in [6, 6.07) is -0.0193. The van der Waals surface area contributed by atoms with Crippen molar-refractivity contribution in [3.63, 3.8) is 0 Å². The molecule has 0 spiro atoms. The van der Waals surface area contributed by atoms with Gasteiger partial charge in [0.2, 0.25) is 5.91 Å². The summed E-state index contributed by atoms with van der Waals surface area (Å²) in [5.41, 5.74) is 0. The van der Waals surface area contributed by atoms with Crippen LogP contribution in [0.2, 0.25) is 0 Å². The number of guanidine groups is 1. The van der Waals surface area contributed by atoms with Gasteiger partial charge >= 0.3 is 0 Å². The van der Waals surface area contributed by atoms with E-state index < -0.39 is 0 Å². The molecule has 2 rings (SSSR count). The molecule has 2 fully saturated rings. The number of hydrogen-bond donors (Lipinski definition) is 1. The minimum Gasteiger partial charge on any atom is -0.380 e. The Hall–Kier alpha value is -1.34. The molecular formula is C21H41N5O2. The van der Waals surface area contributed by atoms with Gasteiger partial charge in [-0.05, 0) is 39.0 Å². The van der Waals surface area contributed by atoms with Crippen molar-refractivity contribution in [2.75, 3.05) is 65.6 Å². The molecule has 7 nitrogen and oxygen atoms in total. The SMILES string of the molecule is CCNC(=NCCOCCC(C)C)N1CCN(C(C)C(=O)N2CCCC2)CC1. The zero-order chi connectivity index (χ0) is 20.4. The third-order valence-electron chi connectivity index (χ3n) is 5.61. The Kier molecular flexibility index (Phi) is 10.1. The van der Waals surface area contributed by atoms with Crippen LogP contribution < -0.4 is 5.32 Å². The molecule has 2 saturated heterocycles. The first-order valence-corrected chi connectivity index (χ1v) is 11.2.